The van der Waals surface area contributed by atoms with Gasteiger partial charge in [0, 0.05) is 9.60 Å². The SMILES string of the molecule is CNC(c1ccc(SC)cc1)c1cccc2ccsc12. The summed E-state index contributed by atoms with van der Waals surface area (Å²) in [6.45, 7) is 0. The highest BCUT2D eigenvalue weighted by Gasteiger charge is 2.15. The third-order valence-corrected chi connectivity index (χ3v) is 5.28. The zero-order valence-electron chi connectivity index (χ0n) is 11.6. The predicted molar refractivity (Wildman–Crippen MR) is 91.0 cm³/mol. The summed E-state index contributed by atoms with van der Waals surface area (Å²) in [5, 5.41) is 6.95. The molecule has 2 aromatic carbocycles. The van der Waals surface area contributed by atoms with Gasteiger partial charge in [-0.1, -0.05) is 30.3 Å². The molecule has 1 atom stereocenters. The maximum atomic E-state index is 3.45. The molecule has 0 fully saturated rings. The molecule has 1 heterocycles. The van der Waals surface area contributed by atoms with Crippen molar-refractivity contribution in [1.82, 2.24) is 5.32 Å². The molecule has 1 nitrogen and oxygen atoms in total. The first-order chi connectivity index (χ1) is 9.83. The van der Waals surface area contributed by atoms with Crippen LogP contribution in [0.4, 0.5) is 0 Å². The third kappa shape index (κ3) is 2.49. The third-order valence-electron chi connectivity index (χ3n) is 3.56. The average Bonchev–Trinajstić information content (AvgIpc) is 2.98. The minimum absolute atomic E-state index is 0.244. The van der Waals surface area contributed by atoms with E-state index in [1.165, 1.54) is 26.1 Å². The fourth-order valence-electron chi connectivity index (χ4n) is 2.54. The topological polar surface area (TPSA) is 12.0 Å². The van der Waals surface area contributed by atoms with Gasteiger partial charge in [0.1, 0.15) is 0 Å². The van der Waals surface area contributed by atoms with Crippen molar-refractivity contribution < 1.29 is 0 Å². The van der Waals surface area contributed by atoms with Crippen molar-refractivity contribution in [3.63, 3.8) is 0 Å². The van der Waals surface area contributed by atoms with Crippen LogP contribution in [0.15, 0.2) is 58.8 Å². The predicted octanol–water partition coefficient (Wildman–Crippen LogP) is 4.93. The van der Waals surface area contributed by atoms with E-state index in [-0.39, 0.29) is 6.04 Å². The molecule has 3 rings (SSSR count). The summed E-state index contributed by atoms with van der Waals surface area (Å²) < 4.78 is 1.38. The molecule has 0 aliphatic carbocycles. The molecule has 0 bridgehead atoms. The first-order valence-corrected chi connectivity index (χ1v) is 8.71. The van der Waals surface area contributed by atoms with E-state index in [9.17, 15) is 0 Å². The molecule has 20 heavy (non-hydrogen) atoms. The molecule has 0 radical (unpaired) electrons. The largest absolute Gasteiger partial charge is 0.309 e. The lowest BCUT2D eigenvalue weighted by Crippen LogP contribution is -2.17. The summed E-state index contributed by atoms with van der Waals surface area (Å²) >= 11 is 3.59. The standard InChI is InChI=1S/C17H17NS2/c1-18-16(12-6-8-14(19-2)9-7-12)15-5-3-4-13-10-11-20-17(13)15/h3-11,16,18H,1-2H3. The molecule has 1 N–H and O–H groups in total. The highest BCUT2D eigenvalue weighted by Crippen LogP contribution is 2.32. The lowest BCUT2D eigenvalue weighted by Gasteiger charge is -2.18. The number of thioether (sulfide) groups is 1. The van der Waals surface area contributed by atoms with Crippen LogP contribution in [0.1, 0.15) is 17.2 Å². The lowest BCUT2D eigenvalue weighted by atomic mass is 9.98. The van der Waals surface area contributed by atoms with Gasteiger partial charge in [-0.2, -0.15) is 0 Å². The van der Waals surface area contributed by atoms with Crippen molar-refractivity contribution in [3.8, 4) is 0 Å². The van der Waals surface area contributed by atoms with Crippen LogP contribution in [-0.4, -0.2) is 13.3 Å². The molecule has 0 aliphatic rings. The van der Waals surface area contributed by atoms with Gasteiger partial charge in [0.05, 0.1) is 6.04 Å². The van der Waals surface area contributed by atoms with E-state index in [0.29, 0.717) is 0 Å². The molecule has 0 aliphatic heterocycles. The normalized spacial score (nSPS) is 12.7. The number of thiophene rings is 1. The summed E-state index contributed by atoms with van der Waals surface area (Å²) in [6, 6.07) is 17.8. The van der Waals surface area contributed by atoms with Gasteiger partial charge in [0.15, 0.2) is 0 Å². The Hall–Kier alpha value is -1.29. The van der Waals surface area contributed by atoms with Gasteiger partial charge in [-0.05, 0) is 53.4 Å². The van der Waals surface area contributed by atoms with E-state index in [4.69, 9.17) is 0 Å². The Balaban J connectivity index is 2.06. The van der Waals surface area contributed by atoms with Gasteiger partial charge in [-0.15, -0.1) is 23.1 Å². The molecular formula is C17H17NS2. The smallest absolute Gasteiger partial charge is 0.0588 e. The number of rotatable bonds is 4. The van der Waals surface area contributed by atoms with E-state index in [1.807, 2.05) is 18.4 Å². The Morgan fingerprint density at radius 2 is 1.85 bits per heavy atom. The second-order valence-electron chi connectivity index (χ2n) is 4.68. The summed E-state index contributed by atoms with van der Waals surface area (Å²) in [7, 11) is 2.03. The number of hydrogen-bond acceptors (Lipinski definition) is 3. The Morgan fingerprint density at radius 1 is 1.05 bits per heavy atom. The summed E-state index contributed by atoms with van der Waals surface area (Å²) in [4.78, 5) is 1.30. The number of hydrogen-bond donors (Lipinski definition) is 1. The molecule has 1 aromatic heterocycles. The molecule has 0 saturated heterocycles. The van der Waals surface area contributed by atoms with Crippen molar-refractivity contribution in [2.24, 2.45) is 0 Å². The first kappa shape index (κ1) is 13.7. The van der Waals surface area contributed by atoms with Gasteiger partial charge in [-0.25, -0.2) is 0 Å². The fourth-order valence-corrected chi connectivity index (χ4v) is 3.89. The van der Waals surface area contributed by atoms with Gasteiger partial charge in [0.2, 0.25) is 0 Å². The monoisotopic (exact) mass is 299 g/mol. The van der Waals surface area contributed by atoms with E-state index < -0.39 is 0 Å². The van der Waals surface area contributed by atoms with E-state index in [0.717, 1.165) is 0 Å². The van der Waals surface area contributed by atoms with Crippen molar-refractivity contribution in [3.05, 3.63) is 65.0 Å². The van der Waals surface area contributed by atoms with Gasteiger partial charge in [-0.3, -0.25) is 0 Å². The Morgan fingerprint density at radius 3 is 2.55 bits per heavy atom. The molecule has 102 valence electrons. The van der Waals surface area contributed by atoms with Gasteiger partial charge >= 0.3 is 0 Å². The van der Waals surface area contributed by atoms with E-state index in [1.54, 1.807) is 11.8 Å². The van der Waals surface area contributed by atoms with E-state index in [2.05, 4.69) is 65.5 Å². The second-order valence-corrected chi connectivity index (χ2v) is 6.48. The van der Waals surface area contributed by atoms with E-state index >= 15 is 0 Å². The number of fused-ring (bicyclic) bond motifs is 1. The molecule has 3 aromatic rings. The zero-order chi connectivity index (χ0) is 13.9. The maximum absolute atomic E-state index is 3.45. The molecule has 0 spiro atoms. The first-order valence-electron chi connectivity index (χ1n) is 6.61. The Kier molecular flexibility index (Phi) is 4.10. The van der Waals surface area contributed by atoms with Crippen LogP contribution in [0.3, 0.4) is 0 Å². The molecule has 0 saturated carbocycles. The molecule has 3 heteroatoms. The fraction of sp³-hybridized carbons (Fsp3) is 0.176. The zero-order valence-corrected chi connectivity index (χ0v) is 13.2. The van der Waals surface area contributed by atoms with Crippen LogP contribution in [-0.2, 0) is 0 Å². The van der Waals surface area contributed by atoms with Crippen LogP contribution >= 0.6 is 23.1 Å². The maximum Gasteiger partial charge on any atom is 0.0588 e. The Labute approximate surface area is 128 Å². The van der Waals surface area contributed by atoms with Gasteiger partial charge < -0.3 is 5.32 Å². The van der Waals surface area contributed by atoms with Crippen molar-refractivity contribution >= 4 is 33.2 Å². The summed E-state index contributed by atoms with van der Waals surface area (Å²) in [5.41, 5.74) is 2.67. The van der Waals surface area contributed by atoms with Crippen LogP contribution in [0, 0.1) is 0 Å². The van der Waals surface area contributed by atoms with Gasteiger partial charge in [0.25, 0.3) is 0 Å². The highest BCUT2D eigenvalue weighted by molar-refractivity contribution is 7.98. The van der Waals surface area contributed by atoms with Crippen LogP contribution in [0.25, 0.3) is 10.1 Å². The average molecular weight is 299 g/mol. The van der Waals surface area contributed by atoms with Crippen molar-refractivity contribution in [2.75, 3.05) is 13.3 Å². The van der Waals surface area contributed by atoms with Crippen molar-refractivity contribution in [1.29, 1.82) is 0 Å². The molecule has 1 unspecified atom stereocenters. The van der Waals surface area contributed by atoms with Crippen LogP contribution in [0.5, 0.6) is 0 Å². The minimum atomic E-state index is 0.244. The summed E-state index contributed by atoms with van der Waals surface area (Å²) in [6.07, 6.45) is 2.11. The minimum Gasteiger partial charge on any atom is -0.309 e. The number of benzene rings is 2. The molecule has 0 amide bonds. The molecular weight excluding hydrogens is 282 g/mol. The lowest BCUT2D eigenvalue weighted by molar-refractivity contribution is 0.697. The van der Waals surface area contributed by atoms with Crippen LogP contribution in [0.2, 0.25) is 0 Å². The highest BCUT2D eigenvalue weighted by atomic mass is 32.2. The quantitative estimate of drug-likeness (QED) is 0.685. The number of nitrogens with one attached hydrogen (secondary N) is 1. The second kappa shape index (κ2) is 6.00. The summed E-state index contributed by atoms with van der Waals surface area (Å²) in [5.74, 6) is 0. The van der Waals surface area contributed by atoms with Crippen LogP contribution < -0.4 is 5.32 Å². The Bertz CT molecular complexity index is 700. The van der Waals surface area contributed by atoms with Crippen molar-refractivity contribution in [2.45, 2.75) is 10.9 Å².